The fourth-order valence-corrected chi connectivity index (χ4v) is 1.78. The first kappa shape index (κ1) is 17.9. The summed E-state index contributed by atoms with van der Waals surface area (Å²) in [7, 11) is 0. The molecule has 2 aromatic rings. The molecule has 0 radical (unpaired) electrons. The molecule has 9 nitrogen and oxygen atoms in total. The van der Waals surface area contributed by atoms with Crippen LogP contribution in [0.5, 0.6) is 11.5 Å². The van der Waals surface area contributed by atoms with Gasteiger partial charge in [-0.25, -0.2) is 4.63 Å². The zero-order chi connectivity index (χ0) is 18.4. The summed E-state index contributed by atoms with van der Waals surface area (Å²) < 4.78 is 14.5. The van der Waals surface area contributed by atoms with Crippen LogP contribution in [0.3, 0.4) is 0 Å². The zero-order valence-corrected chi connectivity index (χ0v) is 13.7. The summed E-state index contributed by atoms with van der Waals surface area (Å²) in [5.74, 6) is -1.17. The Morgan fingerprint density at radius 2 is 1.76 bits per heavy atom. The zero-order valence-electron chi connectivity index (χ0n) is 13.7. The van der Waals surface area contributed by atoms with E-state index in [-0.39, 0.29) is 17.3 Å². The van der Waals surface area contributed by atoms with Crippen molar-refractivity contribution < 1.29 is 28.5 Å². The first-order valence-corrected chi connectivity index (χ1v) is 7.14. The second-order valence-electron chi connectivity index (χ2n) is 4.91. The predicted octanol–water partition coefficient (Wildman–Crippen LogP) is 1.88. The molecule has 1 heterocycles. The van der Waals surface area contributed by atoms with Crippen LogP contribution in [-0.2, 0) is 14.4 Å². The molecule has 0 aliphatic carbocycles. The summed E-state index contributed by atoms with van der Waals surface area (Å²) in [5, 5.41) is 9.58. The molecule has 0 saturated heterocycles. The number of hydrogen-bond acceptors (Lipinski definition) is 8. The SMILES string of the molecule is CC(=O)Oc1ccc(/C=C/C(=O)Nc2nonc2C)cc1OC(C)=O. The molecule has 0 fully saturated rings. The number of ether oxygens (including phenoxy) is 2. The van der Waals surface area contributed by atoms with Gasteiger partial charge in [0.25, 0.3) is 0 Å². The number of rotatable bonds is 5. The average Bonchev–Trinajstić information content (AvgIpc) is 2.91. The van der Waals surface area contributed by atoms with E-state index < -0.39 is 17.8 Å². The third-order valence-corrected chi connectivity index (χ3v) is 2.80. The Bertz CT molecular complexity index is 840. The Labute approximate surface area is 142 Å². The minimum atomic E-state index is -0.568. The van der Waals surface area contributed by atoms with Gasteiger partial charge in [0.15, 0.2) is 11.5 Å². The molecule has 2 rings (SSSR count). The normalized spacial score (nSPS) is 10.5. The van der Waals surface area contributed by atoms with Gasteiger partial charge in [-0.2, -0.15) is 0 Å². The van der Waals surface area contributed by atoms with Gasteiger partial charge in [0.05, 0.1) is 0 Å². The van der Waals surface area contributed by atoms with Crippen LogP contribution in [0.1, 0.15) is 25.1 Å². The smallest absolute Gasteiger partial charge is 0.308 e. The summed E-state index contributed by atoms with van der Waals surface area (Å²) >= 11 is 0. The van der Waals surface area contributed by atoms with E-state index in [1.54, 1.807) is 13.0 Å². The Morgan fingerprint density at radius 1 is 1.08 bits per heavy atom. The summed E-state index contributed by atoms with van der Waals surface area (Å²) in [5.41, 5.74) is 1.00. The number of nitrogens with zero attached hydrogens (tertiary/aromatic N) is 2. The molecule has 1 N–H and O–H groups in total. The predicted molar refractivity (Wildman–Crippen MR) is 85.8 cm³/mol. The lowest BCUT2D eigenvalue weighted by atomic mass is 10.2. The fraction of sp³-hybridized carbons (Fsp3) is 0.188. The third kappa shape index (κ3) is 5.27. The highest BCUT2D eigenvalue weighted by atomic mass is 16.6. The number of benzene rings is 1. The van der Waals surface area contributed by atoms with Gasteiger partial charge in [0.2, 0.25) is 11.7 Å². The molecule has 130 valence electrons. The first-order chi connectivity index (χ1) is 11.8. The molecule has 0 bridgehead atoms. The van der Waals surface area contributed by atoms with Gasteiger partial charge < -0.3 is 14.8 Å². The van der Waals surface area contributed by atoms with Crippen molar-refractivity contribution in [2.75, 3.05) is 5.32 Å². The first-order valence-electron chi connectivity index (χ1n) is 7.14. The average molecular weight is 345 g/mol. The summed E-state index contributed by atoms with van der Waals surface area (Å²) in [6.45, 7) is 4.09. The molecule has 0 unspecified atom stereocenters. The summed E-state index contributed by atoms with van der Waals surface area (Å²) in [6.07, 6.45) is 2.75. The lowest BCUT2D eigenvalue weighted by Gasteiger charge is -2.09. The van der Waals surface area contributed by atoms with Gasteiger partial charge >= 0.3 is 11.9 Å². The van der Waals surface area contributed by atoms with Crippen LogP contribution in [0.4, 0.5) is 5.82 Å². The van der Waals surface area contributed by atoms with Crippen molar-refractivity contribution >= 4 is 29.7 Å². The minimum Gasteiger partial charge on any atom is -0.423 e. The van der Waals surface area contributed by atoms with Gasteiger partial charge in [-0.1, -0.05) is 11.2 Å². The van der Waals surface area contributed by atoms with E-state index in [0.29, 0.717) is 11.3 Å². The molecule has 0 aliphatic rings. The molecule has 1 amide bonds. The number of carbonyl (C=O) groups excluding carboxylic acids is 3. The topological polar surface area (TPSA) is 121 Å². The van der Waals surface area contributed by atoms with E-state index in [9.17, 15) is 14.4 Å². The lowest BCUT2D eigenvalue weighted by Crippen LogP contribution is -2.09. The standard InChI is InChI=1S/C16H15N3O6/c1-9-16(19-25-18-9)17-15(22)7-5-12-4-6-13(23-10(2)20)14(8-12)24-11(3)21/h4-8H,1-3H3,(H,17,19,22)/b7-5+. The largest absolute Gasteiger partial charge is 0.423 e. The number of aromatic nitrogens is 2. The second-order valence-corrected chi connectivity index (χ2v) is 4.91. The van der Waals surface area contributed by atoms with Crippen molar-refractivity contribution in [3.05, 3.63) is 35.5 Å². The maximum Gasteiger partial charge on any atom is 0.308 e. The van der Waals surface area contributed by atoms with Crippen LogP contribution in [0.15, 0.2) is 28.9 Å². The van der Waals surface area contributed by atoms with Gasteiger partial charge in [0.1, 0.15) is 5.69 Å². The molecule has 9 heteroatoms. The van der Waals surface area contributed by atoms with Crippen LogP contribution >= 0.6 is 0 Å². The minimum absolute atomic E-state index is 0.0711. The molecule has 0 saturated carbocycles. The Kier molecular flexibility index (Phi) is 5.62. The molecular weight excluding hydrogens is 330 g/mol. The van der Waals surface area contributed by atoms with E-state index >= 15 is 0 Å². The van der Waals surface area contributed by atoms with Gasteiger partial charge in [-0.05, 0) is 35.9 Å². The van der Waals surface area contributed by atoms with Gasteiger partial charge in [-0.15, -0.1) is 0 Å². The maximum atomic E-state index is 11.8. The molecule has 1 aromatic heterocycles. The van der Waals surface area contributed by atoms with E-state index in [4.69, 9.17) is 9.47 Å². The highest BCUT2D eigenvalue weighted by Gasteiger charge is 2.11. The van der Waals surface area contributed by atoms with Crippen molar-refractivity contribution in [3.8, 4) is 11.5 Å². The van der Waals surface area contributed by atoms with E-state index in [2.05, 4.69) is 20.3 Å². The van der Waals surface area contributed by atoms with Crippen molar-refractivity contribution in [1.29, 1.82) is 0 Å². The van der Waals surface area contributed by atoms with Crippen LogP contribution in [0, 0.1) is 6.92 Å². The molecular formula is C16H15N3O6. The number of amides is 1. The van der Waals surface area contributed by atoms with Crippen LogP contribution < -0.4 is 14.8 Å². The highest BCUT2D eigenvalue weighted by molar-refractivity contribution is 6.01. The number of nitrogens with one attached hydrogen (secondary N) is 1. The van der Waals surface area contributed by atoms with E-state index in [1.165, 1.54) is 38.1 Å². The number of anilines is 1. The van der Waals surface area contributed by atoms with Crippen molar-refractivity contribution in [1.82, 2.24) is 10.3 Å². The van der Waals surface area contributed by atoms with Crippen molar-refractivity contribution in [2.24, 2.45) is 0 Å². The lowest BCUT2D eigenvalue weighted by molar-refractivity contribution is -0.134. The van der Waals surface area contributed by atoms with Crippen LogP contribution in [0.25, 0.3) is 6.08 Å². The highest BCUT2D eigenvalue weighted by Crippen LogP contribution is 2.29. The monoisotopic (exact) mass is 345 g/mol. The van der Waals surface area contributed by atoms with Gasteiger partial charge in [0, 0.05) is 19.9 Å². The number of aryl methyl sites for hydroxylation is 1. The molecule has 1 aromatic carbocycles. The Hall–Kier alpha value is -3.49. The van der Waals surface area contributed by atoms with Crippen LogP contribution in [0.2, 0.25) is 0 Å². The quantitative estimate of drug-likeness (QED) is 0.495. The number of hydrogen-bond donors (Lipinski definition) is 1. The molecule has 0 aliphatic heterocycles. The molecule has 0 atom stereocenters. The number of carbonyl (C=O) groups is 3. The summed E-state index contributed by atoms with van der Waals surface area (Å²) in [6, 6.07) is 4.52. The van der Waals surface area contributed by atoms with Gasteiger partial charge in [-0.3, -0.25) is 14.4 Å². The van der Waals surface area contributed by atoms with Crippen LogP contribution in [-0.4, -0.2) is 28.2 Å². The van der Waals surface area contributed by atoms with Crippen molar-refractivity contribution in [2.45, 2.75) is 20.8 Å². The maximum absolute atomic E-state index is 11.8. The third-order valence-electron chi connectivity index (χ3n) is 2.80. The molecule has 0 spiro atoms. The van der Waals surface area contributed by atoms with E-state index in [1.807, 2.05) is 0 Å². The fourth-order valence-electron chi connectivity index (χ4n) is 1.78. The summed E-state index contributed by atoms with van der Waals surface area (Å²) in [4.78, 5) is 34.1. The van der Waals surface area contributed by atoms with Crippen molar-refractivity contribution in [3.63, 3.8) is 0 Å². The Balaban J connectivity index is 2.15. The van der Waals surface area contributed by atoms with E-state index in [0.717, 1.165) is 0 Å². The second kappa shape index (κ2) is 7.86. The Morgan fingerprint density at radius 3 is 2.36 bits per heavy atom. The number of esters is 2. The molecule has 25 heavy (non-hydrogen) atoms.